The van der Waals surface area contributed by atoms with E-state index in [1.54, 1.807) is 12.1 Å². The lowest BCUT2D eigenvalue weighted by molar-refractivity contribution is -0.122. The predicted molar refractivity (Wildman–Crippen MR) is 100 cm³/mol. The van der Waals surface area contributed by atoms with Gasteiger partial charge in [-0.3, -0.25) is 4.79 Å². The second kappa shape index (κ2) is 8.97. The number of aromatic nitrogens is 2. The minimum Gasteiger partial charge on any atom is -0.356 e. The molecular formula is C21H28FN3O. The van der Waals surface area contributed by atoms with Crippen molar-refractivity contribution < 1.29 is 9.18 Å². The van der Waals surface area contributed by atoms with Crippen LogP contribution in [0.1, 0.15) is 55.6 Å². The quantitative estimate of drug-likeness (QED) is 0.814. The molecular weight excluding hydrogens is 329 g/mol. The average Bonchev–Trinajstić information content (AvgIpc) is 2.98. The molecule has 1 aliphatic rings. The van der Waals surface area contributed by atoms with Crippen molar-refractivity contribution in [2.75, 3.05) is 6.54 Å². The van der Waals surface area contributed by atoms with Crippen LogP contribution in [-0.2, 0) is 17.8 Å². The van der Waals surface area contributed by atoms with Crippen LogP contribution in [-0.4, -0.2) is 22.0 Å². The number of hydrogen-bond acceptors (Lipinski definition) is 2. The Labute approximate surface area is 154 Å². The number of aryl methyl sites for hydroxylation is 1. The van der Waals surface area contributed by atoms with Crippen LogP contribution in [0.15, 0.2) is 30.5 Å². The summed E-state index contributed by atoms with van der Waals surface area (Å²) in [6.07, 6.45) is 9.42. The number of hydrogen-bond donors (Lipinski definition) is 1. The van der Waals surface area contributed by atoms with E-state index in [-0.39, 0.29) is 11.7 Å². The first-order valence-electron chi connectivity index (χ1n) is 9.64. The molecule has 0 bridgehead atoms. The van der Waals surface area contributed by atoms with Gasteiger partial charge >= 0.3 is 0 Å². The molecule has 1 amide bonds. The Bertz CT molecular complexity index is 717. The third-order valence-corrected chi connectivity index (χ3v) is 5.26. The van der Waals surface area contributed by atoms with Gasteiger partial charge in [0.15, 0.2) is 0 Å². The highest BCUT2D eigenvalue weighted by Gasteiger charge is 2.17. The standard InChI is InChI=1S/C21H28FN3O/c1-16-14-24-20(25(16)15-18-7-9-19(22)10-8-18)11-12-23-21(26)13-17-5-3-2-4-6-17/h7-10,14,17H,2-6,11-13,15H2,1H3,(H,23,26). The van der Waals surface area contributed by atoms with E-state index in [1.165, 1.54) is 44.2 Å². The third kappa shape index (κ3) is 5.16. The molecule has 0 saturated heterocycles. The lowest BCUT2D eigenvalue weighted by Gasteiger charge is -2.20. The predicted octanol–water partition coefficient (Wildman–Crippen LogP) is 4.01. The van der Waals surface area contributed by atoms with Crippen LogP contribution < -0.4 is 5.32 Å². The van der Waals surface area contributed by atoms with Crippen LogP contribution in [0.25, 0.3) is 0 Å². The second-order valence-electron chi connectivity index (χ2n) is 7.34. The fraction of sp³-hybridized carbons (Fsp3) is 0.524. The summed E-state index contributed by atoms with van der Waals surface area (Å²) in [6.45, 7) is 3.28. The van der Waals surface area contributed by atoms with Gasteiger partial charge in [0.05, 0.1) is 0 Å². The number of carbonyl (C=O) groups is 1. The van der Waals surface area contributed by atoms with Gasteiger partial charge in [0, 0.05) is 37.8 Å². The maximum atomic E-state index is 13.1. The van der Waals surface area contributed by atoms with Crippen LogP contribution in [0.2, 0.25) is 0 Å². The zero-order chi connectivity index (χ0) is 18.4. The van der Waals surface area contributed by atoms with Crippen molar-refractivity contribution in [3.63, 3.8) is 0 Å². The Balaban J connectivity index is 1.50. The molecule has 3 rings (SSSR count). The van der Waals surface area contributed by atoms with E-state index in [9.17, 15) is 9.18 Å². The Hall–Kier alpha value is -2.17. The number of nitrogens with one attached hydrogen (secondary N) is 1. The molecule has 0 atom stereocenters. The minimum absolute atomic E-state index is 0.158. The summed E-state index contributed by atoms with van der Waals surface area (Å²) in [7, 11) is 0. The lowest BCUT2D eigenvalue weighted by Crippen LogP contribution is -2.28. The van der Waals surface area contributed by atoms with E-state index >= 15 is 0 Å². The molecule has 2 aromatic rings. The maximum absolute atomic E-state index is 13.1. The van der Waals surface area contributed by atoms with Crippen molar-refractivity contribution in [1.29, 1.82) is 0 Å². The van der Waals surface area contributed by atoms with Gasteiger partial charge in [0.1, 0.15) is 11.6 Å². The van der Waals surface area contributed by atoms with Crippen molar-refractivity contribution in [2.24, 2.45) is 5.92 Å². The number of carbonyl (C=O) groups excluding carboxylic acids is 1. The van der Waals surface area contributed by atoms with Gasteiger partial charge < -0.3 is 9.88 Å². The minimum atomic E-state index is -0.225. The van der Waals surface area contributed by atoms with Crippen LogP contribution in [0, 0.1) is 18.7 Å². The Kier molecular flexibility index (Phi) is 6.42. The summed E-state index contributed by atoms with van der Waals surface area (Å²) in [5.41, 5.74) is 2.10. The molecule has 140 valence electrons. The fourth-order valence-electron chi connectivity index (χ4n) is 3.74. The number of imidazole rings is 1. The van der Waals surface area contributed by atoms with Gasteiger partial charge in [0.25, 0.3) is 0 Å². The molecule has 1 saturated carbocycles. The van der Waals surface area contributed by atoms with Crippen molar-refractivity contribution in [3.8, 4) is 0 Å². The van der Waals surface area contributed by atoms with Crippen LogP contribution in [0.3, 0.4) is 0 Å². The van der Waals surface area contributed by atoms with Crippen molar-refractivity contribution in [2.45, 2.75) is 58.4 Å². The van der Waals surface area contributed by atoms with E-state index in [1.807, 2.05) is 13.1 Å². The summed E-state index contributed by atoms with van der Waals surface area (Å²) < 4.78 is 15.2. The van der Waals surface area contributed by atoms with Gasteiger partial charge in [-0.25, -0.2) is 9.37 Å². The zero-order valence-corrected chi connectivity index (χ0v) is 15.5. The SMILES string of the molecule is Cc1cnc(CCNC(=O)CC2CCCCC2)n1Cc1ccc(F)cc1. The topological polar surface area (TPSA) is 46.9 Å². The number of halogens is 1. The maximum Gasteiger partial charge on any atom is 0.220 e. The highest BCUT2D eigenvalue weighted by molar-refractivity contribution is 5.76. The molecule has 0 aliphatic heterocycles. The highest BCUT2D eigenvalue weighted by atomic mass is 19.1. The molecule has 1 heterocycles. The molecule has 1 N–H and O–H groups in total. The van der Waals surface area contributed by atoms with Crippen molar-refractivity contribution in [1.82, 2.24) is 14.9 Å². The molecule has 0 unspecified atom stereocenters. The zero-order valence-electron chi connectivity index (χ0n) is 15.5. The van der Waals surface area contributed by atoms with Gasteiger partial charge in [-0.1, -0.05) is 31.4 Å². The molecule has 1 aromatic carbocycles. The summed E-state index contributed by atoms with van der Waals surface area (Å²) in [5.74, 6) is 1.44. The van der Waals surface area contributed by atoms with Crippen LogP contribution >= 0.6 is 0 Å². The Morgan fingerprint density at radius 3 is 2.69 bits per heavy atom. The van der Waals surface area contributed by atoms with E-state index in [0.29, 0.717) is 31.8 Å². The first kappa shape index (κ1) is 18.6. The normalized spacial score (nSPS) is 15.2. The van der Waals surface area contributed by atoms with Crippen LogP contribution in [0.4, 0.5) is 4.39 Å². The number of rotatable bonds is 7. The van der Waals surface area contributed by atoms with Gasteiger partial charge in [0.2, 0.25) is 5.91 Å². The van der Waals surface area contributed by atoms with E-state index in [2.05, 4.69) is 14.9 Å². The van der Waals surface area contributed by atoms with Crippen LogP contribution in [0.5, 0.6) is 0 Å². The second-order valence-corrected chi connectivity index (χ2v) is 7.34. The van der Waals surface area contributed by atoms with E-state index in [4.69, 9.17) is 0 Å². The molecule has 4 nitrogen and oxygen atoms in total. The summed E-state index contributed by atoms with van der Waals surface area (Å²) in [5, 5.41) is 3.04. The highest BCUT2D eigenvalue weighted by Crippen LogP contribution is 2.26. The van der Waals surface area contributed by atoms with Gasteiger partial charge in [-0.15, -0.1) is 0 Å². The molecule has 0 spiro atoms. The first-order chi connectivity index (χ1) is 12.6. The molecule has 26 heavy (non-hydrogen) atoms. The van der Waals surface area contributed by atoms with Crippen molar-refractivity contribution in [3.05, 3.63) is 53.4 Å². The Morgan fingerprint density at radius 1 is 1.23 bits per heavy atom. The van der Waals surface area contributed by atoms with Gasteiger partial charge in [-0.2, -0.15) is 0 Å². The number of amides is 1. The Morgan fingerprint density at radius 2 is 1.96 bits per heavy atom. The molecule has 1 aliphatic carbocycles. The smallest absolute Gasteiger partial charge is 0.220 e. The monoisotopic (exact) mass is 357 g/mol. The first-order valence-corrected chi connectivity index (χ1v) is 9.64. The summed E-state index contributed by atoms with van der Waals surface area (Å²) in [4.78, 5) is 16.6. The lowest BCUT2D eigenvalue weighted by atomic mass is 9.87. The number of nitrogens with zero attached hydrogens (tertiary/aromatic N) is 2. The number of benzene rings is 1. The van der Waals surface area contributed by atoms with Crippen molar-refractivity contribution >= 4 is 5.91 Å². The summed E-state index contributed by atoms with van der Waals surface area (Å²) in [6, 6.07) is 6.55. The molecule has 1 fully saturated rings. The largest absolute Gasteiger partial charge is 0.356 e. The fourth-order valence-corrected chi connectivity index (χ4v) is 3.74. The van der Waals surface area contributed by atoms with Gasteiger partial charge in [-0.05, 0) is 43.4 Å². The average molecular weight is 357 g/mol. The summed E-state index contributed by atoms with van der Waals surface area (Å²) >= 11 is 0. The third-order valence-electron chi connectivity index (χ3n) is 5.26. The molecule has 1 aromatic heterocycles. The van der Waals surface area contributed by atoms with E-state index in [0.717, 1.165) is 17.1 Å². The van der Waals surface area contributed by atoms with E-state index < -0.39 is 0 Å². The molecule has 0 radical (unpaired) electrons. The molecule has 5 heteroatoms.